The monoisotopic (exact) mass is 455 g/mol. The number of benzene rings is 2. The molecule has 152 valence electrons. The van der Waals surface area contributed by atoms with Gasteiger partial charge in [0, 0.05) is 0 Å². The molecule has 1 amide bonds. The summed E-state index contributed by atoms with van der Waals surface area (Å²) in [4.78, 5) is 20.8. The third kappa shape index (κ3) is 8.51. The van der Waals surface area contributed by atoms with Crippen LogP contribution in [0.3, 0.4) is 0 Å². The number of amides is 1. The molecule has 0 radical (unpaired) electrons. The van der Waals surface area contributed by atoms with Crippen molar-refractivity contribution in [2.75, 3.05) is 0 Å². The van der Waals surface area contributed by atoms with Crippen LogP contribution in [0.25, 0.3) is 0 Å². The van der Waals surface area contributed by atoms with Gasteiger partial charge in [0.05, 0.1) is 0 Å². The van der Waals surface area contributed by atoms with E-state index in [0.717, 1.165) is 5.56 Å². The van der Waals surface area contributed by atoms with Crippen LogP contribution >= 0.6 is 0 Å². The van der Waals surface area contributed by atoms with E-state index in [-0.39, 0.29) is 10.8 Å². The van der Waals surface area contributed by atoms with Gasteiger partial charge < -0.3 is 10.2 Å². The molecule has 0 aliphatic rings. The number of hydrogen-bond acceptors (Lipinski definition) is 7. The number of nitrogens with one attached hydrogen (secondary N) is 1. The van der Waals surface area contributed by atoms with Crippen molar-refractivity contribution >= 4 is 30.4 Å². The number of aryl methyl sites for hydroxylation is 1. The number of hydroxylamine groups is 1. The van der Waals surface area contributed by atoms with Crippen molar-refractivity contribution in [2.24, 2.45) is 0 Å². The number of hydrogen-bond donors (Lipinski definition) is 4. The number of aliphatic hydroxyl groups is 1. The standard InChI is InChI=1S/C10H12O3.C8H10AsNO5/c11-9(10(12)13)7-6-8-4-2-1-3-5-8;1-7(11)10-14-9(12,15-13)8-5-3-2-4-6-8/h1-5,9,11H,6-7H2,(H,12,13);2-6,13H,1H3,(H,10,11). The Hall–Kier alpha value is -2.42. The third-order valence-electron chi connectivity index (χ3n) is 3.32. The molecule has 0 heterocycles. The number of carbonyl (C=O) groups is 2. The summed E-state index contributed by atoms with van der Waals surface area (Å²) in [7, 11) is 0. The molecule has 0 saturated heterocycles. The molecule has 0 fully saturated rings. The van der Waals surface area contributed by atoms with E-state index in [0.29, 0.717) is 6.42 Å². The van der Waals surface area contributed by atoms with Crippen LogP contribution in [0.1, 0.15) is 18.9 Å². The Morgan fingerprint density at radius 3 is 2.07 bits per heavy atom. The maximum absolute atomic E-state index is 11.8. The van der Waals surface area contributed by atoms with Crippen LogP contribution in [0, 0.1) is 0 Å². The van der Waals surface area contributed by atoms with Crippen molar-refractivity contribution in [3.8, 4) is 0 Å². The van der Waals surface area contributed by atoms with Crippen LogP contribution in [0.2, 0.25) is 0 Å². The van der Waals surface area contributed by atoms with E-state index in [1.807, 2.05) is 35.8 Å². The van der Waals surface area contributed by atoms with E-state index in [1.165, 1.54) is 19.1 Å². The zero-order valence-electron chi connectivity index (χ0n) is 15.1. The van der Waals surface area contributed by atoms with Crippen molar-refractivity contribution in [2.45, 2.75) is 25.9 Å². The first-order valence-corrected chi connectivity index (χ1v) is 11.4. The molecule has 2 rings (SSSR count). The molecule has 0 bridgehead atoms. The Kier molecular flexibility index (Phi) is 10.2. The van der Waals surface area contributed by atoms with Gasteiger partial charge in [0.15, 0.2) is 6.10 Å². The van der Waals surface area contributed by atoms with Gasteiger partial charge in [-0.05, 0) is 18.4 Å². The van der Waals surface area contributed by atoms with Gasteiger partial charge in [-0.3, -0.25) is 0 Å². The fourth-order valence-electron chi connectivity index (χ4n) is 1.92. The molecule has 28 heavy (non-hydrogen) atoms. The van der Waals surface area contributed by atoms with Crippen LogP contribution in [0.4, 0.5) is 0 Å². The van der Waals surface area contributed by atoms with Gasteiger partial charge in [-0.2, -0.15) is 0 Å². The first-order chi connectivity index (χ1) is 13.3. The van der Waals surface area contributed by atoms with Gasteiger partial charge in [-0.25, -0.2) is 4.79 Å². The van der Waals surface area contributed by atoms with Crippen molar-refractivity contribution in [3.63, 3.8) is 0 Å². The molecule has 4 N–H and O–H groups in total. The van der Waals surface area contributed by atoms with Gasteiger partial charge in [-0.15, -0.1) is 0 Å². The summed E-state index contributed by atoms with van der Waals surface area (Å²) in [6.45, 7) is 1.18. The van der Waals surface area contributed by atoms with Gasteiger partial charge in [0.2, 0.25) is 0 Å². The Balaban J connectivity index is 0.000000283. The molecule has 0 aliphatic carbocycles. The quantitative estimate of drug-likeness (QED) is 0.261. The van der Waals surface area contributed by atoms with E-state index in [2.05, 4.69) is 7.70 Å². The second-order valence-electron chi connectivity index (χ2n) is 5.54. The second-order valence-corrected chi connectivity index (χ2v) is 9.44. The molecule has 10 heteroatoms. The molecule has 2 aromatic carbocycles. The normalized spacial score (nSPS) is 13.4. The maximum Gasteiger partial charge on any atom is 0.332 e. The molecule has 0 aromatic heterocycles. The molecular formula is C18H22AsNO8. The summed E-state index contributed by atoms with van der Waals surface area (Å²) < 4.78 is 20.5. The van der Waals surface area contributed by atoms with Crippen LogP contribution in [-0.2, 0) is 27.5 Å². The molecule has 0 saturated carbocycles. The topological polar surface area (TPSA) is 142 Å². The van der Waals surface area contributed by atoms with Crippen LogP contribution in [0.5, 0.6) is 0 Å². The molecule has 9 nitrogen and oxygen atoms in total. The summed E-state index contributed by atoms with van der Waals surface area (Å²) in [5.41, 5.74) is 2.92. The minimum atomic E-state index is -4.55. The number of carboxylic acids is 1. The first kappa shape index (κ1) is 23.6. The molecule has 0 spiro atoms. The smallest absolute Gasteiger partial charge is 0.332 e. The molecule has 2 atom stereocenters. The minimum Gasteiger partial charge on any atom is -0.479 e. The molecule has 2 aromatic rings. The first-order valence-electron chi connectivity index (χ1n) is 8.17. The van der Waals surface area contributed by atoms with Gasteiger partial charge in [-0.1, -0.05) is 30.3 Å². The Morgan fingerprint density at radius 2 is 1.61 bits per heavy atom. The fraction of sp³-hybridized carbons (Fsp3) is 0.222. The molecule has 2 unspecified atom stereocenters. The second kappa shape index (κ2) is 12.1. The van der Waals surface area contributed by atoms with Gasteiger partial charge >= 0.3 is 94.6 Å². The van der Waals surface area contributed by atoms with E-state index in [1.54, 1.807) is 18.2 Å². The maximum atomic E-state index is 11.8. The number of aliphatic carboxylic acids is 1. The SMILES string of the molecule is CC(=O)NO[As](=O)(OO)c1ccccc1.O=C(O)C(O)CCc1ccccc1. The van der Waals surface area contributed by atoms with Gasteiger partial charge in [0.1, 0.15) is 0 Å². The number of carboxylic acid groups (broad SMARTS) is 1. The van der Waals surface area contributed by atoms with Gasteiger partial charge in [0.25, 0.3) is 0 Å². The van der Waals surface area contributed by atoms with E-state index in [4.69, 9.17) is 15.5 Å². The number of carbonyl (C=O) groups excluding carboxylic acids is 1. The van der Waals surface area contributed by atoms with Crippen LogP contribution in [0.15, 0.2) is 60.7 Å². The Bertz CT molecular complexity index is 785. The van der Waals surface area contributed by atoms with E-state index < -0.39 is 32.2 Å². The van der Waals surface area contributed by atoms with E-state index in [9.17, 15) is 13.3 Å². The van der Waals surface area contributed by atoms with Crippen LogP contribution < -0.4 is 9.83 Å². The largest absolute Gasteiger partial charge is 0.479 e. The number of rotatable bonds is 8. The molecular weight excluding hydrogens is 433 g/mol. The average Bonchev–Trinajstić information content (AvgIpc) is 2.72. The summed E-state index contributed by atoms with van der Waals surface area (Å²) >= 11 is -4.55. The van der Waals surface area contributed by atoms with E-state index >= 15 is 0 Å². The van der Waals surface area contributed by atoms with Crippen molar-refractivity contribution < 1.29 is 36.5 Å². The Labute approximate surface area is 164 Å². The van der Waals surface area contributed by atoms with Crippen LogP contribution in [-0.4, -0.2) is 47.6 Å². The zero-order valence-corrected chi connectivity index (χ0v) is 17.0. The number of aliphatic hydroxyl groups excluding tert-OH is 1. The summed E-state index contributed by atoms with van der Waals surface area (Å²) in [5.74, 6) is -1.69. The van der Waals surface area contributed by atoms with Crippen molar-refractivity contribution in [1.82, 2.24) is 5.48 Å². The fourth-order valence-corrected chi connectivity index (χ4v) is 4.06. The predicted octanol–water partition coefficient (Wildman–Crippen LogP) is 0.885. The summed E-state index contributed by atoms with van der Waals surface area (Å²) in [6, 6.07) is 17.4. The summed E-state index contributed by atoms with van der Waals surface area (Å²) in [5, 5.41) is 25.9. The third-order valence-corrected chi connectivity index (χ3v) is 6.42. The Morgan fingerprint density at radius 1 is 1.07 bits per heavy atom. The zero-order chi connectivity index (χ0) is 21.0. The average molecular weight is 455 g/mol. The summed E-state index contributed by atoms with van der Waals surface area (Å²) in [6.07, 6.45) is -0.395. The van der Waals surface area contributed by atoms with Crippen molar-refractivity contribution in [3.05, 3.63) is 66.2 Å². The van der Waals surface area contributed by atoms with Crippen molar-refractivity contribution in [1.29, 1.82) is 0 Å². The predicted molar refractivity (Wildman–Crippen MR) is 99.5 cm³/mol. The molecule has 0 aliphatic heterocycles. The minimum absolute atomic E-state index is 0.201.